The molecule has 1 atom stereocenters. The lowest BCUT2D eigenvalue weighted by Gasteiger charge is -2.25. The summed E-state index contributed by atoms with van der Waals surface area (Å²) in [4.78, 5) is 6.63. The van der Waals surface area contributed by atoms with Crippen LogP contribution in [0.5, 0.6) is 0 Å². The van der Waals surface area contributed by atoms with Gasteiger partial charge in [-0.25, -0.2) is 9.37 Å². The molecule has 5 heteroatoms. The zero-order valence-corrected chi connectivity index (χ0v) is 14.0. The van der Waals surface area contributed by atoms with Crippen LogP contribution >= 0.6 is 11.3 Å². The van der Waals surface area contributed by atoms with E-state index in [0.717, 1.165) is 28.5 Å². The molecule has 2 aromatic rings. The quantitative estimate of drug-likeness (QED) is 0.910. The Kier molecular flexibility index (Phi) is 4.96. The second-order valence-electron chi connectivity index (χ2n) is 5.38. The minimum atomic E-state index is -0.159. The molecule has 0 amide bonds. The van der Waals surface area contributed by atoms with Crippen LogP contribution in [0.25, 0.3) is 0 Å². The Morgan fingerprint density at radius 1 is 1.38 bits per heavy atom. The van der Waals surface area contributed by atoms with Gasteiger partial charge in [-0.1, -0.05) is 0 Å². The molecule has 0 aliphatic rings. The first-order chi connectivity index (χ1) is 9.92. The molecule has 0 saturated carbocycles. The third kappa shape index (κ3) is 3.60. The van der Waals surface area contributed by atoms with Crippen molar-refractivity contribution in [2.45, 2.75) is 33.4 Å². The van der Waals surface area contributed by atoms with Crippen molar-refractivity contribution in [1.29, 1.82) is 0 Å². The van der Waals surface area contributed by atoms with Gasteiger partial charge in [0, 0.05) is 24.2 Å². The molecular formula is C16H22FN3S. The molecule has 0 aliphatic heterocycles. The predicted molar refractivity (Wildman–Crippen MR) is 87.6 cm³/mol. The first kappa shape index (κ1) is 15.9. The fraction of sp³-hybridized carbons (Fsp3) is 0.438. The maximum absolute atomic E-state index is 13.9. The van der Waals surface area contributed by atoms with Crippen LogP contribution in [-0.4, -0.2) is 19.1 Å². The van der Waals surface area contributed by atoms with Crippen LogP contribution in [0.2, 0.25) is 0 Å². The highest BCUT2D eigenvalue weighted by molar-refractivity contribution is 7.09. The summed E-state index contributed by atoms with van der Waals surface area (Å²) in [5, 5.41) is 6.32. The van der Waals surface area contributed by atoms with Crippen molar-refractivity contribution in [3.8, 4) is 0 Å². The smallest absolute Gasteiger partial charge is 0.126 e. The SMILES string of the molecule is CNC(C)c1cc(F)c(C)cc1N(C)Cc1csc(C)n1. The van der Waals surface area contributed by atoms with Crippen LogP contribution in [0.3, 0.4) is 0 Å². The van der Waals surface area contributed by atoms with Gasteiger partial charge in [-0.2, -0.15) is 0 Å². The number of nitrogens with one attached hydrogen (secondary N) is 1. The molecule has 114 valence electrons. The van der Waals surface area contributed by atoms with Crippen LogP contribution < -0.4 is 10.2 Å². The standard InChI is InChI=1S/C16H22FN3S/c1-10-6-16(14(7-15(10)17)11(2)18-4)20(5)8-13-9-21-12(3)19-13/h6-7,9,11,18H,8H2,1-5H3. The van der Waals surface area contributed by atoms with E-state index in [1.807, 2.05) is 34.0 Å². The normalized spacial score (nSPS) is 12.5. The summed E-state index contributed by atoms with van der Waals surface area (Å²) in [6.07, 6.45) is 0. The van der Waals surface area contributed by atoms with Gasteiger partial charge in [-0.15, -0.1) is 11.3 Å². The van der Waals surface area contributed by atoms with Crippen LogP contribution in [0.15, 0.2) is 17.5 Å². The number of thiazole rings is 1. The lowest BCUT2D eigenvalue weighted by Crippen LogP contribution is -2.22. The van der Waals surface area contributed by atoms with E-state index in [-0.39, 0.29) is 11.9 Å². The second kappa shape index (κ2) is 6.54. The highest BCUT2D eigenvalue weighted by atomic mass is 32.1. The Balaban J connectivity index is 2.34. The number of rotatable bonds is 5. The fourth-order valence-corrected chi connectivity index (χ4v) is 2.93. The number of benzene rings is 1. The third-order valence-corrected chi connectivity index (χ3v) is 4.51. The third-order valence-electron chi connectivity index (χ3n) is 3.68. The van der Waals surface area contributed by atoms with Gasteiger partial charge in [0.2, 0.25) is 0 Å². The topological polar surface area (TPSA) is 28.2 Å². The molecule has 1 heterocycles. The van der Waals surface area contributed by atoms with Gasteiger partial charge in [-0.05, 0) is 51.1 Å². The molecule has 0 aliphatic carbocycles. The lowest BCUT2D eigenvalue weighted by atomic mass is 10.0. The van der Waals surface area contributed by atoms with Crippen molar-refractivity contribution in [2.75, 3.05) is 19.0 Å². The van der Waals surface area contributed by atoms with Crippen LogP contribution in [0.1, 0.15) is 34.8 Å². The molecule has 1 aromatic carbocycles. The number of aromatic nitrogens is 1. The number of anilines is 1. The van der Waals surface area contributed by atoms with E-state index in [1.54, 1.807) is 24.3 Å². The Hall–Kier alpha value is -1.46. The van der Waals surface area contributed by atoms with E-state index < -0.39 is 0 Å². The van der Waals surface area contributed by atoms with E-state index in [2.05, 4.69) is 20.6 Å². The molecule has 3 nitrogen and oxygen atoms in total. The summed E-state index contributed by atoms with van der Waals surface area (Å²) in [7, 11) is 3.91. The van der Waals surface area contributed by atoms with Crippen LogP contribution in [-0.2, 0) is 6.54 Å². The second-order valence-corrected chi connectivity index (χ2v) is 6.45. The molecule has 0 fully saturated rings. The van der Waals surface area contributed by atoms with Gasteiger partial charge >= 0.3 is 0 Å². The lowest BCUT2D eigenvalue weighted by molar-refractivity contribution is 0.600. The molecule has 0 radical (unpaired) electrons. The van der Waals surface area contributed by atoms with Crippen molar-refractivity contribution < 1.29 is 4.39 Å². The number of nitrogens with zero attached hydrogens (tertiary/aromatic N) is 2. The Labute approximate surface area is 129 Å². The zero-order chi connectivity index (χ0) is 15.6. The number of hydrogen-bond acceptors (Lipinski definition) is 4. The minimum absolute atomic E-state index is 0.0923. The monoisotopic (exact) mass is 307 g/mol. The summed E-state index contributed by atoms with van der Waals surface area (Å²) in [5.74, 6) is -0.159. The van der Waals surface area contributed by atoms with Gasteiger partial charge in [0.05, 0.1) is 17.2 Å². The first-order valence-corrected chi connectivity index (χ1v) is 7.89. The van der Waals surface area contributed by atoms with E-state index in [9.17, 15) is 4.39 Å². The van der Waals surface area contributed by atoms with Crippen molar-refractivity contribution in [1.82, 2.24) is 10.3 Å². The molecule has 0 bridgehead atoms. The fourth-order valence-electron chi connectivity index (χ4n) is 2.32. The van der Waals surface area contributed by atoms with Gasteiger partial charge in [0.15, 0.2) is 0 Å². The summed E-state index contributed by atoms with van der Waals surface area (Å²) >= 11 is 1.65. The minimum Gasteiger partial charge on any atom is -0.368 e. The molecule has 21 heavy (non-hydrogen) atoms. The highest BCUT2D eigenvalue weighted by Crippen LogP contribution is 2.29. The zero-order valence-electron chi connectivity index (χ0n) is 13.2. The van der Waals surface area contributed by atoms with Crippen LogP contribution in [0.4, 0.5) is 10.1 Å². The van der Waals surface area contributed by atoms with Crippen LogP contribution in [0, 0.1) is 19.7 Å². The number of aryl methyl sites for hydroxylation is 2. The summed E-state index contributed by atoms with van der Waals surface area (Å²) in [5.41, 5.74) is 3.72. The first-order valence-electron chi connectivity index (χ1n) is 7.01. The largest absolute Gasteiger partial charge is 0.368 e. The summed E-state index contributed by atoms with van der Waals surface area (Å²) in [6.45, 7) is 6.56. The Bertz CT molecular complexity index is 624. The molecule has 1 N–H and O–H groups in total. The van der Waals surface area contributed by atoms with Gasteiger partial charge < -0.3 is 10.2 Å². The molecular weight excluding hydrogens is 285 g/mol. The average molecular weight is 307 g/mol. The Morgan fingerprint density at radius 2 is 2.10 bits per heavy atom. The summed E-state index contributed by atoms with van der Waals surface area (Å²) < 4.78 is 13.9. The van der Waals surface area contributed by atoms with Gasteiger partial charge in [-0.3, -0.25) is 0 Å². The van der Waals surface area contributed by atoms with Crippen molar-refractivity contribution in [3.05, 3.63) is 45.2 Å². The average Bonchev–Trinajstić information content (AvgIpc) is 2.85. The predicted octanol–water partition coefficient (Wildman–Crippen LogP) is 3.82. The van der Waals surface area contributed by atoms with E-state index in [0.29, 0.717) is 5.56 Å². The molecule has 1 aromatic heterocycles. The van der Waals surface area contributed by atoms with Gasteiger partial charge in [0.25, 0.3) is 0 Å². The maximum Gasteiger partial charge on any atom is 0.126 e. The van der Waals surface area contributed by atoms with Crippen molar-refractivity contribution in [2.24, 2.45) is 0 Å². The molecule has 0 saturated heterocycles. The van der Waals surface area contributed by atoms with Crippen molar-refractivity contribution >= 4 is 17.0 Å². The molecule has 0 spiro atoms. The van der Waals surface area contributed by atoms with E-state index >= 15 is 0 Å². The summed E-state index contributed by atoms with van der Waals surface area (Å²) in [6, 6.07) is 3.64. The Morgan fingerprint density at radius 3 is 2.67 bits per heavy atom. The van der Waals surface area contributed by atoms with E-state index in [1.165, 1.54) is 0 Å². The molecule has 2 rings (SSSR count). The highest BCUT2D eigenvalue weighted by Gasteiger charge is 2.16. The van der Waals surface area contributed by atoms with Gasteiger partial charge in [0.1, 0.15) is 5.82 Å². The number of hydrogen-bond donors (Lipinski definition) is 1. The molecule has 1 unspecified atom stereocenters. The maximum atomic E-state index is 13.9. The van der Waals surface area contributed by atoms with Crippen molar-refractivity contribution in [3.63, 3.8) is 0 Å². The van der Waals surface area contributed by atoms with E-state index in [4.69, 9.17) is 0 Å². The number of halogens is 1.